The summed E-state index contributed by atoms with van der Waals surface area (Å²) < 4.78 is 5.45. The number of fused-ring (bicyclic) bond motifs is 3. The molecule has 0 radical (unpaired) electrons. The molecular formula is C21H30O5. The number of Topliss-reactive ketones (excluding diaryl/α,β-unsaturated/α-hetero) is 1. The van der Waals surface area contributed by atoms with Gasteiger partial charge in [-0.15, -0.1) is 0 Å². The SMILES string of the molecule is COc1c(O)c2c(c(O)c1C(C)C)C(=O)C[C@@H]1C(C)(C)[C@@H](O)CC[C@]21C. The average molecular weight is 362 g/mol. The van der Waals surface area contributed by atoms with Crippen molar-refractivity contribution >= 4 is 5.78 Å². The van der Waals surface area contributed by atoms with Gasteiger partial charge in [-0.25, -0.2) is 0 Å². The van der Waals surface area contributed by atoms with Gasteiger partial charge in [0.2, 0.25) is 0 Å². The van der Waals surface area contributed by atoms with Crippen LogP contribution in [0.5, 0.6) is 17.2 Å². The number of hydrogen-bond donors (Lipinski definition) is 3. The molecule has 1 saturated carbocycles. The maximum atomic E-state index is 13.0. The molecule has 0 unspecified atom stereocenters. The Hall–Kier alpha value is -1.75. The fraction of sp³-hybridized carbons (Fsp3) is 0.667. The number of carbonyl (C=O) groups is 1. The first-order valence-electron chi connectivity index (χ1n) is 9.35. The zero-order valence-corrected chi connectivity index (χ0v) is 16.5. The van der Waals surface area contributed by atoms with E-state index in [0.717, 1.165) is 0 Å². The van der Waals surface area contributed by atoms with Crippen LogP contribution in [0.4, 0.5) is 0 Å². The van der Waals surface area contributed by atoms with Crippen LogP contribution in [0.3, 0.4) is 0 Å². The van der Waals surface area contributed by atoms with Crippen LogP contribution in [-0.4, -0.2) is 34.3 Å². The molecule has 5 heteroatoms. The second-order valence-electron chi connectivity index (χ2n) is 9.02. The summed E-state index contributed by atoms with van der Waals surface area (Å²) in [6, 6.07) is 0. The van der Waals surface area contributed by atoms with E-state index >= 15 is 0 Å². The van der Waals surface area contributed by atoms with Gasteiger partial charge in [0.1, 0.15) is 5.75 Å². The van der Waals surface area contributed by atoms with Crippen molar-refractivity contribution in [3.8, 4) is 17.2 Å². The number of aromatic hydroxyl groups is 2. The van der Waals surface area contributed by atoms with Gasteiger partial charge >= 0.3 is 0 Å². The van der Waals surface area contributed by atoms with Crippen LogP contribution in [-0.2, 0) is 5.41 Å². The number of carbonyl (C=O) groups excluding carboxylic acids is 1. The number of benzene rings is 1. The highest BCUT2D eigenvalue weighted by atomic mass is 16.5. The van der Waals surface area contributed by atoms with E-state index in [2.05, 4.69) is 0 Å². The molecule has 3 N–H and O–H groups in total. The molecule has 1 aromatic carbocycles. The number of methoxy groups -OCH3 is 1. The molecule has 144 valence electrons. The van der Waals surface area contributed by atoms with E-state index in [-0.39, 0.29) is 46.9 Å². The summed E-state index contributed by atoms with van der Waals surface area (Å²) in [5, 5.41) is 32.6. The number of ketones is 1. The quantitative estimate of drug-likeness (QED) is 0.695. The summed E-state index contributed by atoms with van der Waals surface area (Å²) >= 11 is 0. The molecule has 3 rings (SSSR count). The Bertz CT molecular complexity index is 764. The highest BCUT2D eigenvalue weighted by Gasteiger charge is 2.57. The Balaban J connectivity index is 2.37. The Labute approximate surface area is 155 Å². The predicted octanol–water partition coefficient (Wildman–Crippen LogP) is 3.87. The topological polar surface area (TPSA) is 87.0 Å². The number of rotatable bonds is 2. The third-order valence-corrected chi connectivity index (χ3v) is 6.92. The second kappa shape index (κ2) is 5.88. The molecule has 0 aromatic heterocycles. The van der Waals surface area contributed by atoms with Crippen LogP contribution in [0.25, 0.3) is 0 Å². The van der Waals surface area contributed by atoms with Crippen LogP contribution >= 0.6 is 0 Å². The molecule has 2 aliphatic carbocycles. The summed E-state index contributed by atoms with van der Waals surface area (Å²) in [6.07, 6.45) is 0.981. The summed E-state index contributed by atoms with van der Waals surface area (Å²) in [5.74, 6) is -0.283. The van der Waals surface area contributed by atoms with Crippen molar-refractivity contribution in [1.29, 1.82) is 0 Å². The Morgan fingerprint density at radius 2 is 1.77 bits per heavy atom. The Kier molecular flexibility index (Phi) is 4.30. The van der Waals surface area contributed by atoms with Crippen molar-refractivity contribution in [2.45, 2.75) is 71.3 Å². The number of phenols is 2. The van der Waals surface area contributed by atoms with E-state index in [1.807, 2.05) is 34.6 Å². The highest BCUT2D eigenvalue weighted by Crippen LogP contribution is 2.62. The highest BCUT2D eigenvalue weighted by molar-refractivity contribution is 6.04. The van der Waals surface area contributed by atoms with Gasteiger partial charge in [0.25, 0.3) is 0 Å². The number of hydrogen-bond acceptors (Lipinski definition) is 5. The van der Waals surface area contributed by atoms with E-state index < -0.39 is 16.9 Å². The minimum absolute atomic E-state index is 0.0447. The van der Waals surface area contributed by atoms with Gasteiger partial charge in [0, 0.05) is 23.0 Å². The van der Waals surface area contributed by atoms with Crippen molar-refractivity contribution in [2.75, 3.05) is 7.11 Å². The lowest BCUT2D eigenvalue weighted by Crippen LogP contribution is -2.55. The number of aliphatic hydroxyl groups excluding tert-OH is 1. The molecule has 0 aliphatic heterocycles. The third-order valence-electron chi connectivity index (χ3n) is 6.92. The van der Waals surface area contributed by atoms with Gasteiger partial charge in [-0.3, -0.25) is 4.79 Å². The van der Waals surface area contributed by atoms with Gasteiger partial charge in [0.15, 0.2) is 17.3 Å². The monoisotopic (exact) mass is 362 g/mol. The van der Waals surface area contributed by atoms with Crippen LogP contribution in [0.15, 0.2) is 0 Å². The lowest BCUT2D eigenvalue weighted by atomic mass is 9.49. The minimum atomic E-state index is -0.518. The largest absolute Gasteiger partial charge is 0.507 e. The fourth-order valence-corrected chi connectivity index (χ4v) is 5.40. The van der Waals surface area contributed by atoms with Crippen molar-refractivity contribution < 1.29 is 24.9 Å². The average Bonchev–Trinajstić information content (AvgIpc) is 2.55. The van der Waals surface area contributed by atoms with E-state index in [4.69, 9.17) is 4.74 Å². The standard InChI is InChI=1S/C21H30O5/c1-10(2)14-17(24)15-11(22)9-12-20(3,4)13(23)7-8-21(12,5)16(15)18(25)19(14)26-6/h10,12-13,23-25H,7-9H2,1-6H3/t12-,13+,21+/m1/s1. The molecule has 0 heterocycles. The Morgan fingerprint density at radius 1 is 1.15 bits per heavy atom. The maximum absolute atomic E-state index is 13.0. The van der Waals surface area contributed by atoms with Crippen LogP contribution in [0.1, 0.15) is 81.3 Å². The zero-order valence-electron chi connectivity index (χ0n) is 16.5. The van der Waals surface area contributed by atoms with Crippen molar-refractivity contribution in [1.82, 2.24) is 0 Å². The molecule has 3 atom stereocenters. The molecule has 0 saturated heterocycles. The van der Waals surface area contributed by atoms with E-state index in [0.29, 0.717) is 24.0 Å². The molecule has 0 spiro atoms. The smallest absolute Gasteiger partial charge is 0.167 e. The second-order valence-corrected chi connectivity index (χ2v) is 9.02. The normalized spacial score (nSPS) is 30.1. The van der Waals surface area contributed by atoms with Gasteiger partial charge in [-0.1, -0.05) is 34.6 Å². The first-order chi connectivity index (χ1) is 12.0. The molecule has 5 nitrogen and oxygen atoms in total. The first-order valence-corrected chi connectivity index (χ1v) is 9.35. The summed E-state index contributed by atoms with van der Waals surface area (Å²) in [6.45, 7) is 9.77. The first kappa shape index (κ1) is 19.0. The van der Waals surface area contributed by atoms with Crippen LogP contribution in [0.2, 0.25) is 0 Å². The molecule has 26 heavy (non-hydrogen) atoms. The Morgan fingerprint density at radius 3 is 2.31 bits per heavy atom. The summed E-state index contributed by atoms with van der Waals surface area (Å²) in [5.41, 5.74) is 0.201. The predicted molar refractivity (Wildman–Crippen MR) is 99.2 cm³/mol. The van der Waals surface area contributed by atoms with Crippen molar-refractivity contribution in [3.63, 3.8) is 0 Å². The van der Waals surface area contributed by atoms with Crippen LogP contribution < -0.4 is 4.74 Å². The number of aliphatic hydroxyl groups is 1. The number of ether oxygens (including phenoxy) is 1. The lowest BCUT2D eigenvalue weighted by Gasteiger charge is -2.55. The molecule has 1 aromatic rings. The molecule has 2 aliphatic rings. The third kappa shape index (κ3) is 2.29. The molecule has 1 fully saturated rings. The molecule has 0 bridgehead atoms. The maximum Gasteiger partial charge on any atom is 0.167 e. The lowest BCUT2D eigenvalue weighted by molar-refractivity contribution is -0.0693. The number of phenolic OH excluding ortho intramolecular Hbond substituents is 2. The molecule has 0 amide bonds. The minimum Gasteiger partial charge on any atom is -0.507 e. The van der Waals surface area contributed by atoms with Gasteiger partial charge in [-0.05, 0) is 30.1 Å². The van der Waals surface area contributed by atoms with Gasteiger partial charge in [0.05, 0.1) is 18.8 Å². The zero-order chi connectivity index (χ0) is 19.6. The van der Waals surface area contributed by atoms with Gasteiger partial charge < -0.3 is 20.1 Å². The fourth-order valence-electron chi connectivity index (χ4n) is 5.40. The van der Waals surface area contributed by atoms with Crippen molar-refractivity contribution in [3.05, 3.63) is 16.7 Å². The summed E-state index contributed by atoms with van der Waals surface area (Å²) in [4.78, 5) is 13.0. The van der Waals surface area contributed by atoms with E-state index in [9.17, 15) is 20.1 Å². The molecular weight excluding hydrogens is 332 g/mol. The van der Waals surface area contributed by atoms with E-state index in [1.165, 1.54) is 7.11 Å². The van der Waals surface area contributed by atoms with E-state index in [1.54, 1.807) is 0 Å². The van der Waals surface area contributed by atoms with Crippen LogP contribution in [0, 0.1) is 11.3 Å². The van der Waals surface area contributed by atoms with Gasteiger partial charge in [-0.2, -0.15) is 0 Å². The summed E-state index contributed by atoms with van der Waals surface area (Å²) in [7, 11) is 1.46. The van der Waals surface area contributed by atoms with Crippen molar-refractivity contribution in [2.24, 2.45) is 11.3 Å².